The summed E-state index contributed by atoms with van der Waals surface area (Å²) in [4.78, 5) is 0. The predicted octanol–water partition coefficient (Wildman–Crippen LogP) is 12.5. The molecule has 0 spiro atoms. The lowest BCUT2D eigenvalue weighted by atomic mass is 9.86. The average Bonchev–Trinajstić information content (AvgIpc) is 3.86. The molecule has 3 heteroatoms. The van der Waals surface area contributed by atoms with Gasteiger partial charge in [-0.25, -0.2) is 0 Å². The van der Waals surface area contributed by atoms with Gasteiger partial charge in [0, 0.05) is 38.7 Å². The van der Waals surface area contributed by atoms with Crippen LogP contribution in [0.4, 0.5) is 0 Å². The van der Waals surface area contributed by atoms with E-state index < -0.39 is 0 Å². The molecule has 0 fully saturated rings. The third-order valence-corrected chi connectivity index (χ3v) is 10.7. The monoisotopic (exact) mass is 653 g/mol. The fourth-order valence-electron chi connectivity index (χ4n) is 8.29. The third kappa shape index (κ3) is 4.45. The number of aromatic nitrogens is 1. The molecule has 0 amide bonds. The maximum Gasteiger partial charge on any atom is 0.135 e. The second-order valence-electron chi connectivity index (χ2n) is 13.7. The summed E-state index contributed by atoms with van der Waals surface area (Å²) in [7, 11) is 0. The van der Waals surface area contributed by atoms with E-state index in [2.05, 4.69) is 168 Å². The molecule has 2 unspecified atom stereocenters. The number of allylic oxidation sites excluding steroid dienone is 2. The molecule has 0 saturated heterocycles. The van der Waals surface area contributed by atoms with E-state index in [-0.39, 0.29) is 12.0 Å². The van der Waals surface area contributed by atoms with Crippen molar-refractivity contribution in [3.05, 3.63) is 187 Å². The highest BCUT2D eigenvalue weighted by Gasteiger charge is 2.34. The van der Waals surface area contributed by atoms with Crippen molar-refractivity contribution in [3.8, 4) is 33.7 Å². The lowest BCUT2D eigenvalue weighted by Gasteiger charge is -2.19. The van der Waals surface area contributed by atoms with Gasteiger partial charge in [-0.2, -0.15) is 0 Å². The molecule has 1 aliphatic carbocycles. The number of hydrogen-bond acceptors (Lipinski definition) is 2. The highest BCUT2D eigenvalue weighted by atomic mass is 16.5. The topological polar surface area (TPSA) is 27.3 Å². The van der Waals surface area contributed by atoms with Crippen LogP contribution in [0, 0.1) is 0 Å². The number of furan rings is 1. The molecule has 1 aliphatic heterocycles. The number of fused-ring (bicyclic) bond motifs is 9. The van der Waals surface area contributed by atoms with Crippen LogP contribution >= 0.6 is 0 Å². The number of ether oxygens (including phenoxy) is 1. The van der Waals surface area contributed by atoms with Crippen LogP contribution in [-0.4, -0.2) is 10.7 Å². The molecule has 2 atom stereocenters. The van der Waals surface area contributed by atoms with Gasteiger partial charge in [-0.05, 0) is 100 Å². The maximum absolute atomic E-state index is 6.49. The molecule has 11 rings (SSSR count). The molecule has 2 aliphatic rings. The van der Waals surface area contributed by atoms with Gasteiger partial charge in [0.1, 0.15) is 23.0 Å². The van der Waals surface area contributed by atoms with Crippen molar-refractivity contribution in [2.75, 3.05) is 0 Å². The van der Waals surface area contributed by atoms with E-state index in [1.165, 1.54) is 60.8 Å². The Balaban J connectivity index is 0.943. The molecule has 0 radical (unpaired) electrons. The minimum atomic E-state index is -0.0123. The fourth-order valence-corrected chi connectivity index (χ4v) is 8.29. The Kier molecular flexibility index (Phi) is 6.08. The van der Waals surface area contributed by atoms with E-state index in [0.717, 1.165) is 33.4 Å². The van der Waals surface area contributed by atoms with Gasteiger partial charge in [-0.3, -0.25) is 0 Å². The molecule has 9 aromatic rings. The molecule has 0 N–H and O–H groups in total. The van der Waals surface area contributed by atoms with Crippen molar-refractivity contribution < 1.29 is 9.15 Å². The summed E-state index contributed by atoms with van der Waals surface area (Å²) in [5.41, 5.74) is 13.8. The summed E-state index contributed by atoms with van der Waals surface area (Å²) in [6.45, 7) is 0. The van der Waals surface area contributed by atoms with Gasteiger partial charge < -0.3 is 13.7 Å². The van der Waals surface area contributed by atoms with Crippen molar-refractivity contribution in [1.82, 2.24) is 4.57 Å². The molecule has 3 heterocycles. The number of hydrogen-bond donors (Lipinski definition) is 0. The summed E-state index contributed by atoms with van der Waals surface area (Å²) in [6.07, 6.45) is 6.83. The van der Waals surface area contributed by atoms with Gasteiger partial charge in [0.25, 0.3) is 0 Å². The zero-order valence-corrected chi connectivity index (χ0v) is 27.7. The van der Waals surface area contributed by atoms with Gasteiger partial charge in [0.05, 0.1) is 11.0 Å². The lowest BCUT2D eigenvalue weighted by molar-refractivity contribution is 0.269. The SMILES string of the molecule is C1=CC2Oc3ccc(-n4c5ccccc5c5ccccc54)cc3C2C=C1c1cccc(-c2cccc(-c3ccc4oc5ccccc5c4c3)c2)c1. The first-order valence-corrected chi connectivity index (χ1v) is 17.6. The molecule has 2 aromatic heterocycles. The zero-order chi connectivity index (χ0) is 33.5. The van der Waals surface area contributed by atoms with Crippen LogP contribution in [-0.2, 0) is 0 Å². The summed E-state index contributed by atoms with van der Waals surface area (Å²) < 4.78 is 15.0. The third-order valence-electron chi connectivity index (χ3n) is 10.7. The molecule has 51 heavy (non-hydrogen) atoms. The first-order chi connectivity index (χ1) is 25.2. The number of para-hydroxylation sites is 3. The molecular formula is C48H31NO2. The summed E-state index contributed by atoms with van der Waals surface area (Å²) in [5.74, 6) is 1.10. The fraction of sp³-hybridized carbons (Fsp3) is 0.0417. The lowest BCUT2D eigenvalue weighted by Crippen LogP contribution is -2.17. The smallest absolute Gasteiger partial charge is 0.135 e. The van der Waals surface area contributed by atoms with Crippen LogP contribution < -0.4 is 4.74 Å². The van der Waals surface area contributed by atoms with Crippen molar-refractivity contribution in [3.63, 3.8) is 0 Å². The number of benzene rings is 7. The normalized spacial score (nSPS) is 16.4. The van der Waals surface area contributed by atoms with E-state index >= 15 is 0 Å². The largest absolute Gasteiger partial charge is 0.485 e. The van der Waals surface area contributed by atoms with Gasteiger partial charge in [0.2, 0.25) is 0 Å². The Hall–Kier alpha value is -6.58. The van der Waals surface area contributed by atoms with Crippen LogP contribution in [0.5, 0.6) is 5.75 Å². The quantitative estimate of drug-likeness (QED) is 0.189. The highest BCUT2D eigenvalue weighted by Crippen LogP contribution is 2.45. The van der Waals surface area contributed by atoms with Crippen LogP contribution in [0.2, 0.25) is 0 Å². The van der Waals surface area contributed by atoms with Gasteiger partial charge >= 0.3 is 0 Å². The summed E-state index contributed by atoms with van der Waals surface area (Å²) in [6, 6.07) is 56.5. The van der Waals surface area contributed by atoms with Gasteiger partial charge in [-0.15, -0.1) is 0 Å². The van der Waals surface area contributed by atoms with Crippen LogP contribution in [0.1, 0.15) is 17.0 Å². The molecule has 3 nitrogen and oxygen atoms in total. The second-order valence-corrected chi connectivity index (χ2v) is 13.7. The molecular weight excluding hydrogens is 623 g/mol. The minimum absolute atomic E-state index is 0.0123. The highest BCUT2D eigenvalue weighted by molar-refractivity contribution is 6.09. The van der Waals surface area contributed by atoms with E-state index in [1.807, 2.05) is 12.1 Å². The number of nitrogens with zero attached hydrogens (tertiary/aromatic N) is 1. The Morgan fingerprint density at radius 2 is 1.10 bits per heavy atom. The Morgan fingerprint density at radius 1 is 0.471 bits per heavy atom. The maximum atomic E-state index is 6.49. The zero-order valence-electron chi connectivity index (χ0n) is 27.7. The summed E-state index contributed by atoms with van der Waals surface area (Å²) in [5, 5.41) is 4.82. The molecule has 7 aromatic carbocycles. The number of rotatable bonds is 4. The Labute approximate surface area is 295 Å². The van der Waals surface area contributed by atoms with Crippen molar-refractivity contribution in [2.45, 2.75) is 12.0 Å². The Bertz CT molecular complexity index is 2870. The van der Waals surface area contributed by atoms with Crippen molar-refractivity contribution in [1.29, 1.82) is 0 Å². The first-order valence-electron chi connectivity index (χ1n) is 17.6. The Morgan fingerprint density at radius 3 is 1.86 bits per heavy atom. The van der Waals surface area contributed by atoms with E-state index in [0.29, 0.717) is 0 Å². The van der Waals surface area contributed by atoms with E-state index in [1.54, 1.807) is 0 Å². The predicted molar refractivity (Wildman–Crippen MR) is 210 cm³/mol. The van der Waals surface area contributed by atoms with E-state index in [9.17, 15) is 0 Å². The summed E-state index contributed by atoms with van der Waals surface area (Å²) >= 11 is 0. The molecule has 0 saturated carbocycles. The van der Waals surface area contributed by atoms with Crippen LogP contribution in [0.3, 0.4) is 0 Å². The first kappa shape index (κ1) is 28.3. The second kappa shape index (κ2) is 11.0. The van der Waals surface area contributed by atoms with Crippen molar-refractivity contribution in [2.24, 2.45) is 0 Å². The van der Waals surface area contributed by atoms with Crippen molar-refractivity contribution >= 4 is 49.3 Å². The molecule has 240 valence electrons. The van der Waals surface area contributed by atoms with E-state index in [4.69, 9.17) is 9.15 Å². The average molecular weight is 654 g/mol. The minimum Gasteiger partial charge on any atom is -0.485 e. The van der Waals surface area contributed by atoms with Gasteiger partial charge in [-0.1, -0.05) is 109 Å². The van der Waals surface area contributed by atoms with Crippen LogP contribution in [0.25, 0.3) is 77.3 Å². The molecule has 0 bridgehead atoms. The van der Waals surface area contributed by atoms with Crippen LogP contribution in [0.15, 0.2) is 180 Å². The standard InChI is InChI=1S/C48H31NO2/c1-4-16-43-37(13-1)38-14-2-5-17-44(38)49(43)36-21-24-48-42(29-36)41-28-35(20-23-47(41)51-48)33-12-8-10-31(26-33)30-9-7-11-32(25-30)34-19-22-46-40(27-34)39-15-3-6-18-45(39)50-46/h1-29,41,47H. The van der Waals surface area contributed by atoms with Gasteiger partial charge in [0.15, 0.2) is 0 Å².